The molecule has 21 heavy (non-hydrogen) atoms. The molecule has 0 bridgehead atoms. The third-order valence-electron chi connectivity index (χ3n) is 3.02. The molecule has 0 aliphatic carbocycles. The second kappa shape index (κ2) is 9.21. The summed E-state index contributed by atoms with van der Waals surface area (Å²) in [4.78, 5) is 2.70. The summed E-state index contributed by atoms with van der Waals surface area (Å²) in [6.07, 6.45) is 2.24. The Morgan fingerprint density at radius 3 is 2.71 bits per heavy atom. The molecule has 1 atom stereocenters. The molecule has 2 aromatic rings. The van der Waals surface area contributed by atoms with E-state index in [2.05, 4.69) is 51.7 Å². The van der Waals surface area contributed by atoms with Crippen LogP contribution in [0.25, 0.3) is 0 Å². The highest BCUT2D eigenvalue weighted by Gasteiger charge is 2.11. The molecule has 1 N–H and O–H groups in total. The lowest BCUT2D eigenvalue weighted by Crippen LogP contribution is -2.33. The van der Waals surface area contributed by atoms with E-state index in [4.69, 9.17) is 11.6 Å². The van der Waals surface area contributed by atoms with Crippen LogP contribution in [0.5, 0.6) is 0 Å². The number of hydrogen-bond acceptors (Lipinski definition) is 3. The van der Waals surface area contributed by atoms with Crippen LogP contribution in [0, 0.1) is 0 Å². The molecule has 0 saturated carbocycles. The Labute approximate surface area is 148 Å². The lowest BCUT2D eigenvalue weighted by Gasteiger charge is -2.17. The summed E-state index contributed by atoms with van der Waals surface area (Å²) in [7, 11) is 0. The number of halogens is 2. The zero-order valence-electron chi connectivity index (χ0n) is 11.9. The van der Waals surface area contributed by atoms with Gasteiger partial charge < -0.3 is 5.32 Å². The van der Waals surface area contributed by atoms with Crippen LogP contribution in [0.4, 0.5) is 0 Å². The zero-order chi connectivity index (χ0) is 15.1. The van der Waals surface area contributed by atoms with Gasteiger partial charge in [0.15, 0.2) is 0 Å². The molecule has 1 aromatic carbocycles. The van der Waals surface area contributed by atoms with Gasteiger partial charge >= 0.3 is 0 Å². The molecule has 1 unspecified atom stereocenters. The van der Waals surface area contributed by atoms with Crippen LogP contribution < -0.4 is 5.32 Å². The summed E-state index contributed by atoms with van der Waals surface area (Å²) in [5.41, 5.74) is 0. The summed E-state index contributed by atoms with van der Waals surface area (Å²) in [5, 5.41) is 6.60. The monoisotopic (exact) mass is 403 g/mol. The molecular weight excluding hydrogens is 386 g/mol. The van der Waals surface area contributed by atoms with Gasteiger partial charge in [-0.05, 0) is 65.6 Å². The highest BCUT2D eigenvalue weighted by atomic mass is 79.9. The second-order valence-electron chi connectivity index (χ2n) is 4.85. The van der Waals surface area contributed by atoms with Gasteiger partial charge in [0.05, 0.1) is 0 Å². The number of benzene rings is 1. The topological polar surface area (TPSA) is 12.0 Å². The quantitative estimate of drug-likeness (QED) is 0.552. The van der Waals surface area contributed by atoms with E-state index in [9.17, 15) is 0 Å². The lowest BCUT2D eigenvalue weighted by atomic mass is 10.2. The van der Waals surface area contributed by atoms with Gasteiger partial charge in [0.2, 0.25) is 0 Å². The molecule has 1 nitrogen and oxygen atoms in total. The van der Waals surface area contributed by atoms with Crippen molar-refractivity contribution in [3.05, 3.63) is 50.1 Å². The number of rotatable bonds is 8. The average molecular weight is 405 g/mol. The van der Waals surface area contributed by atoms with Crippen LogP contribution in [0.2, 0.25) is 5.02 Å². The van der Waals surface area contributed by atoms with E-state index >= 15 is 0 Å². The molecule has 1 heterocycles. The van der Waals surface area contributed by atoms with E-state index in [0.717, 1.165) is 30.2 Å². The first-order chi connectivity index (χ1) is 10.2. The Bertz CT molecular complexity index is 541. The highest BCUT2D eigenvalue weighted by molar-refractivity contribution is 9.10. The Morgan fingerprint density at radius 2 is 2.10 bits per heavy atom. The standard InChI is InChI=1S/C16H19BrClNS2/c1-2-7-19-14(9-16-8-12(17)10-20-16)11-21-15-5-3-13(18)4-6-15/h3-6,8,10,14,19H,2,7,9,11H2,1H3. The van der Waals surface area contributed by atoms with Crippen molar-refractivity contribution < 1.29 is 0 Å². The van der Waals surface area contributed by atoms with Gasteiger partial charge in [0.25, 0.3) is 0 Å². The summed E-state index contributed by atoms with van der Waals surface area (Å²) in [6.45, 7) is 3.27. The van der Waals surface area contributed by atoms with Crippen molar-refractivity contribution >= 4 is 50.6 Å². The van der Waals surface area contributed by atoms with Gasteiger partial charge in [0.1, 0.15) is 0 Å². The van der Waals surface area contributed by atoms with Crippen molar-refractivity contribution in [2.45, 2.75) is 30.7 Å². The van der Waals surface area contributed by atoms with Crippen molar-refractivity contribution in [2.24, 2.45) is 0 Å². The number of thioether (sulfide) groups is 1. The van der Waals surface area contributed by atoms with Crippen LogP contribution in [0.15, 0.2) is 45.1 Å². The fourth-order valence-electron chi connectivity index (χ4n) is 1.97. The molecule has 5 heteroatoms. The third kappa shape index (κ3) is 6.33. The molecule has 0 amide bonds. The van der Waals surface area contributed by atoms with E-state index in [0.29, 0.717) is 6.04 Å². The first-order valence-electron chi connectivity index (χ1n) is 7.02. The summed E-state index contributed by atoms with van der Waals surface area (Å²) >= 11 is 13.2. The summed E-state index contributed by atoms with van der Waals surface area (Å²) in [5.74, 6) is 1.07. The molecule has 0 aliphatic rings. The molecule has 0 aliphatic heterocycles. The van der Waals surface area contributed by atoms with E-state index in [1.54, 1.807) is 0 Å². The highest BCUT2D eigenvalue weighted by Crippen LogP contribution is 2.24. The van der Waals surface area contributed by atoms with Crippen molar-refractivity contribution in [2.75, 3.05) is 12.3 Å². The zero-order valence-corrected chi connectivity index (χ0v) is 15.9. The number of hydrogen-bond donors (Lipinski definition) is 1. The van der Waals surface area contributed by atoms with Gasteiger partial charge in [0, 0.05) is 36.4 Å². The Hall–Kier alpha value is -0.0000000000000000833. The second-order valence-corrected chi connectivity index (χ2v) is 8.29. The number of nitrogens with one attached hydrogen (secondary N) is 1. The summed E-state index contributed by atoms with van der Waals surface area (Å²) in [6, 6.07) is 10.8. The molecule has 0 saturated heterocycles. The maximum absolute atomic E-state index is 5.93. The van der Waals surface area contributed by atoms with Gasteiger partial charge in [-0.2, -0.15) is 0 Å². The van der Waals surface area contributed by atoms with Crippen LogP contribution in [0.3, 0.4) is 0 Å². The molecule has 0 fully saturated rings. The molecule has 114 valence electrons. The average Bonchev–Trinajstić information content (AvgIpc) is 2.89. The SMILES string of the molecule is CCCNC(CSc1ccc(Cl)cc1)Cc1cc(Br)cs1. The van der Waals surface area contributed by atoms with Crippen LogP contribution in [-0.4, -0.2) is 18.3 Å². The maximum Gasteiger partial charge on any atom is 0.0406 e. The fourth-order valence-corrected chi connectivity index (χ4v) is 4.59. The maximum atomic E-state index is 5.93. The van der Waals surface area contributed by atoms with Crippen LogP contribution in [-0.2, 0) is 6.42 Å². The fraction of sp³-hybridized carbons (Fsp3) is 0.375. The molecule has 0 spiro atoms. The Morgan fingerprint density at radius 1 is 1.33 bits per heavy atom. The predicted molar refractivity (Wildman–Crippen MR) is 100.0 cm³/mol. The van der Waals surface area contributed by atoms with Gasteiger partial charge in [-0.15, -0.1) is 23.1 Å². The lowest BCUT2D eigenvalue weighted by molar-refractivity contribution is 0.553. The van der Waals surface area contributed by atoms with Gasteiger partial charge in [-0.1, -0.05) is 18.5 Å². The van der Waals surface area contributed by atoms with Gasteiger partial charge in [-0.3, -0.25) is 0 Å². The minimum absolute atomic E-state index is 0.496. The van der Waals surface area contributed by atoms with E-state index < -0.39 is 0 Å². The molecular formula is C16H19BrClNS2. The Kier molecular flexibility index (Phi) is 7.61. The number of thiophene rings is 1. The van der Waals surface area contributed by atoms with E-state index in [1.807, 2.05) is 35.2 Å². The molecule has 1 aromatic heterocycles. The minimum atomic E-state index is 0.496. The Balaban J connectivity index is 1.90. The van der Waals surface area contributed by atoms with Crippen LogP contribution in [0.1, 0.15) is 18.2 Å². The van der Waals surface area contributed by atoms with Crippen molar-refractivity contribution in [3.63, 3.8) is 0 Å². The first kappa shape index (κ1) is 17.4. The predicted octanol–water partition coefficient (Wildman–Crippen LogP) is 5.87. The van der Waals surface area contributed by atoms with Crippen molar-refractivity contribution in [1.82, 2.24) is 5.32 Å². The molecule has 2 rings (SSSR count). The third-order valence-corrected chi connectivity index (χ3v) is 6.16. The van der Waals surface area contributed by atoms with Gasteiger partial charge in [-0.25, -0.2) is 0 Å². The summed E-state index contributed by atoms with van der Waals surface area (Å²) < 4.78 is 1.18. The first-order valence-corrected chi connectivity index (χ1v) is 10.1. The van der Waals surface area contributed by atoms with E-state index in [-0.39, 0.29) is 0 Å². The largest absolute Gasteiger partial charge is 0.313 e. The smallest absolute Gasteiger partial charge is 0.0406 e. The normalized spacial score (nSPS) is 12.5. The van der Waals surface area contributed by atoms with E-state index in [1.165, 1.54) is 14.2 Å². The van der Waals surface area contributed by atoms with Crippen molar-refractivity contribution in [1.29, 1.82) is 0 Å². The minimum Gasteiger partial charge on any atom is -0.313 e. The van der Waals surface area contributed by atoms with Crippen LogP contribution >= 0.6 is 50.6 Å². The molecule has 0 radical (unpaired) electrons. The van der Waals surface area contributed by atoms with Crippen molar-refractivity contribution in [3.8, 4) is 0 Å².